The predicted octanol–water partition coefficient (Wildman–Crippen LogP) is 2.68. The molecule has 1 unspecified atom stereocenters. The first-order valence-corrected chi connectivity index (χ1v) is 12.5. The minimum absolute atomic E-state index is 0.0101. The molecule has 1 fully saturated rings. The van der Waals surface area contributed by atoms with Crippen molar-refractivity contribution in [2.45, 2.75) is 45.3 Å². The van der Waals surface area contributed by atoms with E-state index in [-0.39, 0.29) is 30.0 Å². The highest BCUT2D eigenvalue weighted by molar-refractivity contribution is 7.91. The van der Waals surface area contributed by atoms with Crippen LogP contribution in [-0.4, -0.2) is 57.0 Å². The summed E-state index contributed by atoms with van der Waals surface area (Å²) in [6.45, 7) is 4.51. The van der Waals surface area contributed by atoms with Crippen molar-refractivity contribution < 1.29 is 13.2 Å². The summed E-state index contributed by atoms with van der Waals surface area (Å²) in [7, 11) is -3.13. The largest absolute Gasteiger partial charge is 0.333 e. The van der Waals surface area contributed by atoms with Gasteiger partial charge in [-0.15, -0.1) is 10.2 Å². The molecule has 1 aromatic heterocycles. The molecule has 2 heterocycles. The van der Waals surface area contributed by atoms with Crippen molar-refractivity contribution in [3.05, 3.63) is 65.7 Å². The molecule has 1 saturated heterocycles. The molecule has 8 nitrogen and oxygen atoms in total. The van der Waals surface area contributed by atoms with E-state index in [1.807, 2.05) is 54.6 Å². The van der Waals surface area contributed by atoms with Crippen LogP contribution in [0.1, 0.15) is 37.3 Å². The second-order valence-electron chi connectivity index (χ2n) is 8.48. The Morgan fingerprint density at radius 2 is 1.84 bits per heavy atom. The first-order valence-electron chi connectivity index (χ1n) is 10.7. The first-order chi connectivity index (χ1) is 15.3. The summed E-state index contributed by atoms with van der Waals surface area (Å²) in [5.41, 5.74) is 3.00. The maximum absolute atomic E-state index is 13.2. The first kappa shape index (κ1) is 22.1. The van der Waals surface area contributed by atoms with Crippen LogP contribution in [0.2, 0.25) is 0 Å². The zero-order chi connectivity index (χ0) is 22.7. The van der Waals surface area contributed by atoms with Gasteiger partial charge in [-0.1, -0.05) is 68.4 Å². The van der Waals surface area contributed by atoms with Crippen LogP contribution < -0.4 is 0 Å². The number of nitrogens with zero attached hydrogens (tertiary/aromatic N) is 5. The molecule has 0 radical (unpaired) electrons. The van der Waals surface area contributed by atoms with Gasteiger partial charge in [0.05, 0.1) is 11.5 Å². The Kier molecular flexibility index (Phi) is 6.36. The number of hydrogen-bond donors (Lipinski definition) is 0. The van der Waals surface area contributed by atoms with Gasteiger partial charge in [-0.05, 0) is 28.7 Å². The molecule has 1 amide bonds. The summed E-state index contributed by atoms with van der Waals surface area (Å²) < 4.78 is 24.1. The fourth-order valence-electron chi connectivity index (χ4n) is 3.88. The zero-order valence-electron chi connectivity index (χ0n) is 18.3. The average molecular weight is 454 g/mol. The molecule has 1 atom stereocenters. The highest BCUT2D eigenvalue weighted by Gasteiger charge is 2.35. The molecular formula is C23H27N5O3S. The molecule has 9 heteroatoms. The molecular weight excluding hydrogens is 426 g/mol. The van der Waals surface area contributed by atoms with Crippen molar-refractivity contribution in [1.29, 1.82) is 0 Å². The van der Waals surface area contributed by atoms with E-state index in [0.29, 0.717) is 24.7 Å². The van der Waals surface area contributed by atoms with Gasteiger partial charge in [-0.3, -0.25) is 4.79 Å². The van der Waals surface area contributed by atoms with Crippen molar-refractivity contribution in [1.82, 2.24) is 25.1 Å². The summed E-state index contributed by atoms with van der Waals surface area (Å²) >= 11 is 0. The molecule has 3 aromatic rings. The van der Waals surface area contributed by atoms with Gasteiger partial charge < -0.3 is 4.90 Å². The molecule has 168 valence electrons. The van der Waals surface area contributed by atoms with Gasteiger partial charge in [0.2, 0.25) is 11.7 Å². The summed E-state index contributed by atoms with van der Waals surface area (Å²) in [6.07, 6.45) is 0.444. The third-order valence-electron chi connectivity index (χ3n) is 5.73. The van der Waals surface area contributed by atoms with Gasteiger partial charge in [0.25, 0.3) is 0 Å². The van der Waals surface area contributed by atoms with E-state index in [1.54, 1.807) is 4.90 Å². The van der Waals surface area contributed by atoms with Crippen LogP contribution in [-0.2, 0) is 27.7 Å². The Morgan fingerprint density at radius 1 is 1.12 bits per heavy atom. The third kappa shape index (κ3) is 5.21. The number of benzene rings is 2. The minimum Gasteiger partial charge on any atom is -0.333 e. The lowest BCUT2D eigenvalue weighted by molar-refractivity contribution is -0.134. The standard InChI is InChI=1S/C23H27N5O3S/c1-17(2)19-8-10-20(11-9-19)23-24-26-28(25-23)15-22(29)27(14-18-6-4-3-5-7-18)21-12-13-32(30,31)16-21/h3-11,17,21H,12-16H2,1-2H3. The monoisotopic (exact) mass is 453 g/mol. The van der Waals surface area contributed by atoms with Crippen LogP contribution in [0.15, 0.2) is 54.6 Å². The third-order valence-corrected chi connectivity index (χ3v) is 7.48. The van der Waals surface area contributed by atoms with Gasteiger partial charge in [0, 0.05) is 18.2 Å². The van der Waals surface area contributed by atoms with E-state index in [0.717, 1.165) is 11.1 Å². The van der Waals surface area contributed by atoms with Gasteiger partial charge in [-0.25, -0.2) is 8.42 Å². The molecule has 0 bridgehead atoms. The highest BCUT2D eigenvalue weighted by Crippen LogP contribution is 2.22. The second-order valence-corrected chi connectivity index (χ2v) is 10.7. The van der Waals surface area contributed by atoms with Crippen molar-refractivity contribution in [3.8, 4) is 11.4 Å². The van der Waals surface area contributed by atoms with E-state index >= 15 is 0 Å². The highest BCUT2D eigenvalue weighted by atomic mass is 32.2. The van der Waals surface area contributed by atoms with Gasteiger partial charge in [-0.2, -0.15) is 4.80 Å². The van der Waals surface area contributed by atoms with E-state index < -0.39 is 9.84 Å². The smallest absolute Gasteiger partial charge is 0.246 e. The number of hydrogen-bond acceptors (Lipinski definition) is 6. The molecule has 1 aliphatic rings. The number of amides is 1. The van der Waals surface area contributed by atoms with Gasteiger partial charge >= 0.3 is 0 Å². The predicted molar refractivity (Wildman–Crippen MR) is 121 cm³/mol. The van der Waals surface area contributed by atoms with Crippen molar-refractivity contribution >= 4 is 15.7 Å². The quantitative estimate of drug-likeness (QED) is 0.546. The zero-order valence-corrected chi connectivity index (χ0v) is 19.1. The van der Waals surface area contributed by atoms with Crippen LogP contribution in [0.5, 0.6) is 0 Å². The Bertz CT molecular complexity index is 1170. The Balaban J connectivity index is 1.50. The van der Waals surface area contributed by atoms with Crippen LogP contribution in [0.25, 0.3) is 11.4 Å². The lowest BCUT2D eigenvalue weighted by atomic mass is 10.0. The lowest BCUT2D eigenvalue weighted by Crippen LogP contribution is -2.42. The van der Waals surface area contributed by atoms with Crippen LogP contribution in [0.3, 0.4) is 0 Å². The van der Waals surface area contributed by atoms with Crippen molar-refractivity contribution in [2.75, 3.05) is 11.5 Å². The Hall–Kier alpha value is -3.07. The molecule has 1 aliphatic heterocycles. The molecule has 4 rings (SSSR count). The molecule has 0 N–H and O–H groups in total. The summed E-state index contributed by atoms with van der Waals surface area (Å²) in [5.74, 6) is 0.750. The number of sulfone groups is 1. The maximum Gasteiger partial charge on any atom is 0.246 e. The number of carbonyl (C=O) groups excluding carboxylic acids is 1. The normalized spacial score (nSPS) is 17.5. The molecule has 0 spiro atoms. The number of carbonyl (C=O) groups is 1. The fraction of sp³-hybridized carbons (Fsp3) is 0.391. The summed E-state index contributed by atoms with van der Waals surface area (Å²) in [5, 5.41) is 12.5. The van der Waals surface area contributed by atoms with Crippen molar-refractivity contribution in [2.24, 2.45) is 0 Å². The number of aromatic nitrogens is 4. The van der Waals surface area contributed by atoms with Crippen molar-refractivity contribution in [3.63, 3.8) is 0 Å². The second kappa shape index (κ2) is 9.20. The van der Waals surface area contributed by atoms with E-state index in [9.17, 15) is 13.2 Å². The Labute approximate surface area is 188 Å². The number of tetrazole rings is 1. The minimum atomic E-state index is -3.13. The van der Waals surface area contributed by atoms with E-state index in [1.165, 1.54) is 10.4 Å². The fourth-order valence-corrected chi connectivity index (χ4v) is 5.61. The van der Waals surface area contributed by atoms with Crippen LogP contribution in [0, 0.1) is 0 Å². The lowest BCUT2D eigenvalue weighted by Gasteiger charge is -2.28. The molecule has 0 aliphatic carbocycles. The van der Waals surface area contributed by atoms with Gasteiger partial charge in [0.15, 0.2) is 9.84 Å². The SMILES string of the molecule is CC(C)c1ccc(-c2nnn(CC(=O)N(Cc3ccccc3)C3CCS(=O)(=O)C3)n2)cc1. The molecule has 2 aromatic carbocycles. The van der Waals surface area contributed by atoms with E-state index in [4.69, 9.17) is 0 Å². The topological polar surface area (TPSA) is 98.0 Å². The van der Waals surface area contributed by atoms with E-state index in [2.05, 4.69) is 29.3 Å². The number of rotatable bonds is 7. The Morgan fingerprint density at radius 3 is 2.47 bits per heavy atom. The molecule has 32 heavy (non-hydrogen) atoms. The summed E-state index contributed by atoms with van der Waals surface area (Å²) in [6, 6.07) is 17.2. The molecule has 0 saturated carbocycles. The maximum atomic E-state index is 13.2. The van der Waals surface area contributed by atoms with Crippen LogP contribution >= 0.6 is 0 Å². The average Bonchev–Trinajstić information content (AvgIpc) is 3.38. The van der Waals surface area contributed by atoms with Gasteiger partial charge in [0.1, 0.15) is 6.54 Å². The summed E-state index contributed by atoms with van der Waals surface area (Å²) in [4.78, 5) is 16.1. The van der Waals surface area contributed by atoms with Crippen LogP contribution in [0.4, 0.5) is 0 Å².